The van der Waals surface area contributed by atoms with Crippen LogP contribution >= 0.6 is 0 Å². The lowest BCUT2D eigenvalue weighted by Crippen LogP contribution is -2.51. The molecular weight excluding hydrogens is 304 g/mol. The highest BCUT2D eigenvalue weighted by Crippen LogP contribution is 2.23. The van der Waals surface area contributed by atoms with E-state index in [-0.39, 0.29) is 17.9 Å². The molecule has 1 amide bonds. The Kier molecular flexibility index (Phi) is 5.74. The third-order valence-corrected chi connectivity index (χ3v) is 5.18. The van der Waals surface area contributed by atoms with Gasteiger partial charge in [0.2, 0.25) is 5.91 Å². The summed E-state index contributed by atoms with van der Waals surface area (Å²) in [5, 5.41) is 3.26. The lowest BCUT2D eigenvalue weighted by molar-refractivity contribution is -0.139. The maximum Gasteiger partial charge on any atom is 0.226 e. The molecule has 2 heterocycles. The van der Waals surface area contributed by atoms with Crippen molar-refractivity contribution >= 4 is 5.91 Å². The second-order valence-electron chi connectivity index (χ2n) is 6.91. The first-order valence-electron chi connectivity index (χ1n) is 8.91. The van der Waals surface area contributed by atoms with Crippen LogP contribution < -0.4 is 10.1 Å². The Labute approximate surface area is 144 Å². The summed E-state index contributed by atoms with van der Waals surface area (Å²) in [5.41, 5.74) is 1.10. The zero-order valence-corrected chi connectivity index (χ0v) is 14.7. The van der Waals surface area contributed by atoms with E-state index in [1.165, 1.54) is 0 Å². The largest absolute Gasteiger partial charge is 0.497 e. The summed E-state index contributed by atoms with van der Waals surface area (Å²) in [6, 6.07) is 7.96. The monoisotopic (exact) mass is 332 g/mol. The van der Waals surface area contributed by atoms with Gasteiger partial charge < -0.3 is 19.7 Å². The Bertz CT molecular complexity index is 553. The Balaban J connectivity index is 1.71. The number of rotatable bonds is 7. The number of nitrogens with one attached hydrogen (secondary N) is 1. The van der Waals surface area contributed by atoms with E-state index in [0.717, 1.165) is 43.9 Å². The van der Waals surface area contributed by atoms with E-state index in [2.05, 4.69) is 12.2 Å². The van der Waals surface area contributed by atoms with E-state index in [9.17, 15) is 4.79 Å². The molecule has 0 aromatic heterocycles. The van der Waals surface area contributed by atoms with Crippen LogP contribution in [0.1, 0.15) is 25.3 Å². The van der Waals surface area contributed by atoms with Crippen LogP contribution in [0.3, 0.4) is 0 Å². The highest BCUT2D eigenvalue weighted by Gasteiger charge is 2.33. The van der Waals surface area contributed by atoms with Crippen LogP contribution in [-0.4, -0.2) is 50.3 Å². The van der Waals surface area contributed by atoms with Crippen molar-refractivity contribution in [3.05, 3.63) is 29.8 Å². The van der Waals surface area contributed by atoms with Gasteiger partial charge in [0.15, 0.2) is 0 Å². The van der Waals surface area contributed by atoms with Gasteiger partial charge in [-0.15, -0.1) is 0 Å². The molecule has 2 unspecified atom stereocenters. The van der Waals surface area contributed by atoms with Crippen LogP contribution in [0.15, 0.2) is 24.3 Å². The van der Waals surface area contributed by atoms with Crippen LogP contribution in [0.25, 0.3) is 0 Å². The number of methoxy groups -OCH3 is 1. The Morgan fingerprint density at radius 1 is 1.46 bits per heavy atom. The van der Waals surface area contributed by atoms with Crippen molar-refractivity contribution < 1.29 is 14.3 Å². The molecule has 2 atom stereocenters. The maximum absolute atomic E-state index is 13.0. The van der Waals surface area contributed by atoms with Crippen molar-refractivity contribution in [1.29, 1.82) is 0 Å². The van der Waals surface area contributed by atoms with Crippen molar-refractivity contribution in [3.63, 3.8) is 0 Å². The molecule has 5 heteroatoms. The molecule has 1 aromatic rings. The highest BCUT2D eigenvalue weighted by molar-refractivity contribution is 5.79. The molecule has 2 saturated heterocycles. The summed E-state index contributed by atoms with van der Waals surface area (Å²) in [7, 11) is 1.67. The van der Waals surface area contributed by atoms with Gasteiger partial charge in [-0.05, 0) is 49.5 Å². The van der Waals surface area contributed by atoms with Gasteiger partial charge in [0, 0.05) is 25.6 Å². The summed E-state index contributed by atoms with van der Waals surface area (Å²) in [6.07, 6.45) is 2.31. The second kappa shape index (κ2) is 7.99. The number of hydrogen-bond acceptors (Lipinski definition) is 4. The van der Waals surface area contributed by atoms with Gasteiger partial charge in [0.1, 0.15) is 5.75 Å². The fraction of sp³-hybridized carbons (Fsp3) is 0.632. The van der Waals surface area contributed by atoms with Crippen LogP contribution in [-0.2, 0) is 16.1 Å². The van der Waals surface area contributed by atoms with E-state index in [1.807, 2.05) is 29.2 Å². The smallest absolute Gasteiger partial charge is 0.226 e. The second-order valence-corrected chi connectivity index (χ2v) is 6.91. The van der Waals surface area contributed by atoms with Gasteiger partial charge in [0.05, 0.1) is 13.2 Å². The van der Waals surface area contributed by atoms with Gasteiger partial charge in [-0.1, -0.05) is 19.1 Å². The molecule has 2 fully saturated rings. The average Bonchev–Trinajstić information content (AvgIpc) is 3.05. The van der Waals surface area contributed by atoms with Gasteiger partial charge in [-0.25, -0.2) is 0 Å². The highest BCUT2D eigenvalue weighted by atomic mass is 16.5. The summed E-state index contributed by atoms with van der Waals surface area (Å²) < 4.78 is 11.1. The minimum atomic E-state index is 0.0539. The fourth-order valence-electron chi connectivity index (χ4n) is 3.41. The predicted molar refractivity (Wildman–Crippen MR) is 92.9 cm³/mol. The lowest BCUT2D eigenvalue weighted by atomic mass is 9.87. The summed E-state index contributed by atoms with van der Waals surface area (Å²) in [5.74, 6) is 1.57. The van der Waals surface area contributed by atoms with Crippen LogP contribution in [0.5, 0.6) is 5.75 Å². The Morgan fingerprint density at radius 3 is 2.92 bits per heavy atom. The van der Waals surface area contributed by atoms with Gasteiger partial charge in [-0.2, -0.15) is 0 Å². The minimum Gasteiger partial charge on any atom is -0.497 e. The van der Waals surface area contributed by atoms with E-state index in [4.69, 9.17) is 9.47 Å². The summed E-state index contributed by atoms with van der Waals surface area (Å²) in [6.45, 7) is 6.05. The first kappa shape index (κ1) is 17.2. The number of benzene rings is 1. The Hall–Kier alpha value is -1.59. The SMILES string of the molecule is COc1cccc(CN(CC2CCCO2)C(=O)C(C)C2CNC2)c1. The quantitative estimate of drug-likeness (QED) is 0.830. The van der Waals surface area contributed by atoms with E-state index >= 15 is 0 Å². The van der Waals surface area contributed by atoms with Crippen molar-refractivity contribution in [2.24, 2.45) is 11.8 Å². The molecule has 132 valence electrons. The number of hydrogen-bond donors (Lipinski definition) is 1. The molecule has 0 spiro atoms. The van der Waals surface area contributed by atoms with Gasteiger partial charge in [-0.3, -0.25) is 4.79 Å². The number of carbonyl (C=O) groups excluding carboxylic acids is 1. The van der Waals surface area contributed by atoms with E-state index in [0.29, 0.717) is 19.0 Å². The molecule has 3 rings (SSSR count). The fourth-order valence-corrected chi connectivity index (χ4v) is 3.41. The molecule has 0 aliphatic carbocycles. The Morgan fingerprint density at radius 2 is 2.29 bits per heavy atom. The predicted octanol–water partition coefficient (Wildman–Crippen LogP) is 2.06. The molecule has 2 aliphatic rings. The van der Waals surface area contributed by atoms with Crippen LogP contribution in [0.2, 0.25) is 0 Å². The van der Waals surface area contributed by atoms with E-state index in [1.54, 1.807) is 7.11 Å². The third kappa shape index (κ3) is 4.08. The first-order chi connectivity index (χ1) is 11.7. The maximum atomic E-state index is 13.0. The topological polar surface area (TPSA) is 50.8 Å². The van der Waals surface area contributed by atoms with Crippen molar-refractivity contribution in [2.75, 3.05) is 33.4 Å². The summed E-state index contributed by atoms with van der Waals surface area (Å²) >= 11 is 0. The van der Waals surface area contributed by atoms with Crippen molar-refractivity contribution in [2.45, 2.75) is 32.4 Å². The third-order valence-electron chi connectivity index (χ3n) is 5.18. The first-order valence-corrected chi connectivity index (χ1v) is 8.91. The molecule has 1 aromatic carbocycles. The van der Waals surface area contributed by atoms with Crippen LogP contribution in [0, 0.1) is 11.8 Å². The van der Waals surface area contributed by atoms with Gasteiger partial charge in [0.25, 0.3) is 0 Å². The number of amides is 1. The zero-order chi connectivity index (χ0) is 16.9. The molecule has 0 bridgehead atoms. The van der Waals surface area contributed by atoms with Crippen molar-refractivity contribution in [1.82, 2.24) is 10.2 Å². The zero-order valence-electron chi connectivity index (χ0n) is 14.7. The van der Waals surface area contributed by atoms with E-state index < -0.39 is 0 Å². The number of nitrogens with zero attached hydrogens (tertiary/aromatic N) is 1. The van der Waals surface area contributed by atoms with Gasteiger partial charge >= 0.3 is 0 Å². The molecular formula is C19H28N2O3. The van der Waals surface area contributed by atoms with Crippen molar-refractivity contribution in [3.8, 4) is 5.75 Å². The lowest BCUT2D eigenvalue weighted by Gasteiger charge is -2.36. The standard InChI is InChI=1S/C19H28N2O3/c1-14(16-10-20-11-16)19(22)21(13-18-7-4-8-24-18)12-15-5-3-6-17(9-15)23-2/h3,5-6,9,14,16,18,20H,4,7-8,10-13H2,1-2H3. The van der Waals surface area contributed by atoms with Crippen LogP contribution in [0.4, 0.5) is 0 Å². The molecule has 2 aliphatic heterocycles. The molecule has 24 heavy (non-hydrogen) atoms. The summed E-state index contributed by atoms with van der Waals surface area (Å²) in [4.78, 5) is 15.0. The number of carbonyl (C=O) groups is 1. The molecule has 0 saturated carbocycles. The average molecular weight is 332 g/mol. The molecule has 5 nitrogen and oxygen atoms in total. The minimum absolute atomic E-state index is 0.0539. The molecule has 1 N–H and O–H groups in total. The normalized spacial score (nSPS) is 22.0. The number of ether oxygens (including phenoxy) is 2. The molecule has 0 radical (unpaired) electrons.